The lowest BCUT2D eigenvalue weighted by atomic mass is 9.54. The van der Waals surface area contributed by atoms with E-state index in [0.717, 1.165) is 23.7 Å². The molecule has 0 bridgehead atoms. The van der Waals surface area contributed by atoms with Crippen molar-refractivity contribution in [3.05, 3.63) is 41.0 Å². The van der Waals surface area contributed by atoms with Crippen molar-refractivity contribution in [3.8, 4) is 0 Å². The van der Waals surface area contributed by atoms with Gasteiger partial charge in [-0.1, -0.05) is 38.6 Å². The predicted molar refractivity (Wildman–Crippen MR) is 95.1 cm³/mol. The fourth-order valence-electron chi connectivity index (χ4n) is 6.24. The summed E-state index contributed by atoms with van der Waals surface area (Å²) >= 11 is 0. The van der Waals surface area contributed by atoms with Gasteiger partial charge in [0.05, 0.1) is 0 Å². The Bertz CT molecular complexity index is 611. The minimum Gasteiger partial charge on any atom is -0.0985 e. The SMILES string of the molecule is C=Cc1cc2c(cc1C)C1CC[C@]3(C)C(C)CCC3C1CC2. The van der Waals surface area contributed by atoms with E-state index >= 15 is 0 Å². The highest BCUT2D eigenvalue weighted by Crippen LogP contribution is 2.62. The van der Waals surface area contributed by atoms with Gasteiger partial charge in [-0.3, -0.25) is 0 Å². The van der Waals surface area contributed by atoms with Gasteiger partial charge in [-0.05, 0) is 96.8 Å². The average molecular weight is 294 g/mol. The third-order valence-corrected chi connectivity index (χ3v) is 7.81. The second kappa shape index (κ2) is 4.98. The molecule has 2 saturated carbocycles. The fourth-order valence-corrected chi connectivity index (χ4v) is 6.24. The maximum Gasteiger partial charge on any atom is -0.0128 e. The summed E-state index contributed by atoms with van der Waals surface area (Å²) in [5.41, 5.74) is 6.71. The molecule has 2 fully saturated rings. The Labute approximate surface area is 136 Å². The summed E-state index contributed by atoms with van der Waals surface area (Å²) in [4.78, 5) is 0. The van der Waals surface area contributed by atoms with Crippen molar-refractivity contribution in [1.29, 1.82) is 0 Å². The second-order valence-electron chi connectivity index (χ2n) is 8.55. The highest BCUT2D eigenvalue weighted by Gasteiger charge is 2.53. The molecule has 0 radical (unpaired) electrons. The monoisotopic (exact) mass is 294 g/mol. The molecule has 0 aromatic heterocycles. The number of fused-ring (bicyclic) bond motifs is 5. The zero-order valence-electron chi connectivity index (χ0n) is 14.5. The molecule has 4 unspecified atom stereocenters. The van der Waals surface area contributed by atoms with Crippen LogP contribution in [-0.2, 0) is 6.42 Å². The molecule has 0 heteroatoms. The van der Waals surface area contributed by atoms with Gasteiger partial charge in [-0.2, -0.15) is 0 Å². The average Bonchev–Trinajstić information content (AvgIpc) is 2.82. The molecule has 0 saturated heterocycles. The molecule has 1 aromatic carbocycles. The Morgan fingerprint density at radius 2 is 2.00 bits per heavy atom. The van der Waals surface area contributed by atoms with Crippen LogP contribution in [0.25, 0.3) is 6.08 Å². The van der Waals surface area contributed by atoms with Gasteiger partial charge in [0.25, 0.3) is 0 Å². The summed E-state index contributed by atoms with van der Waals surface area (Å²) in [5, 5.41) is 0. The first kappa shape index (κ1) is 14.5. The van der Waals surface area contributed by atoms with E-state index in [0.29, 0.717) is 5.41 Å². The highest BCUT2D eigenvalue weighted by molar-refractivity contribution is 5.56. The quantitative estimate of drug-likeness (QED) is 0.584. The Morgan fingerprint density at radius 1 is 1.18 bits per heavy atom. The molecule has 0 nitrogen and oxygen atoms in total. The topological polar surface area (TPSA) is 0 Å². The first-order valence-corrected chi connectivity index (χ1v) is 9.30. The summed E-state index contributed by atoms with van der Waals surface area (Å²) in [6.07, 6.45) is 10.5. The van der Waals surface area contributed by atoms with Crippen LogP contribution in [-0.4, -0.2) is 0 Å². The van der Waals surface area contributed by atoms with E-state index < -0.39 is 0 Å². The van der Waals surface area contributed by atoms with Crippen LogP contribution in [0.4, 0.5) is 0 Å². The van der Waals surface area contributed by atoms with Crippen molar-refractivity contribution in [2.75, 3.05) is 0 Å². The van der Waals surface area contributed by atoms with E-state index in [1.807, 2.05) is 6.08 Å². The van der Waals surface area contributed by atoms with Crippen molar-refractivity contribution in [3.63, 3.8) is 0 Å². The van der Waals surface area contributed by atoms with Gasteiger partial charge in [-0.15, -0.1) is 0 Å². The number of hydrogen-bond donors (Lipinski definition) is 0. The smallest absolute Gasteiger partial charge is 0.0128 e. The Morgan fingerprint density at radius 3 is 2.77 bits per heavy atom. The zero-order valence-corrected chi connectivity index (χ0v) is 14.5. The van der Waals surface area contributed by atoms with Gasteiger partial charge in [0, 0.05) is 0 Å². The van der Waals surface area contributed by atoms with Crippen LogP contribution in [0.2, 0.25) is 0 Å². The predicted octanol–water partition coefficient (Wildman–Crippen LogP) is 6.13. The van der Waals surface area contributed by atoms with E-state index in [2.05, 4.69) is 39.5 Å². The molecular weight excluding hydrogens is 264 g/mol. The number of benzene rings is 1. The van der Waals surface area contributed by atoms with Crippen LogP contribution in [0.1, 0.15) is 74.1 Å². The molecule has 3 aliphatic carbocycles. The van der Waals surface area contributed by atoms with Gasteiger partial charge in [0.1, 0.15) is 0 Å². The van der Waals surface area contributed by atoms with E-state index in [1.165, 1.54) is 49.7 Å². The van der Waals surface area contributed by atoms with Crippen LogP contribution in [0, 0.1) is 30.1 Å². The lowest BCUT2D eigenvalue weighted by Gasteiger charge is -2.50. The Balaban J connectivity index is 1.73. The maximum atomic E-state index is 3.98. The summed E-state index contributed by atoms with van der Waals surface area (Å²) in [7, 11) is 0. The van der Waals surface area contributed by atoms with Crippen LogP contribution >= 0.6 is 0 Å². The largest absolute Gasteiger partial charge is 0.0985 e. The summed E-state index contributed by atoms with van der Waals surface area (Å²) in [6, 6.07) is 4.93. The van der Waals surface area contributed by atoms with Gasteiger partial charge in [0.15, 0.2) is 0 Å². The molecule has 0 N–H and O–H groups in total. The second-order valence-corrected chi connectivity index (χ2v) is 8.55. The molecule has 3 aliphatic rings. The molecule has 1 aromatic rings. The van der Waals surface area contributed by atoms with Gasteiger partial charge in [-0.25, -0.2) is 0 Å². The molecule has 22 heavy (non-hydrogen) atoms. The van der Waals surface area contributed by atoms with E-state index in [9.17, 15) is 0 Å². The molecular formula is C22H30. The van der Waals surface area contributed by atoms with Crippen LogP contribution in [0.3, 0.4) is 0 Å². The molecule has 4 rings (SSSR count). The van der Waals surface area contributed by atoms with Crippen molar-refractivity contribution in [2.24, 2.45) is 23.2 Å². The standard InChI is InChI=1S/C22H30/c1-5-16-13-17-7-8-19-18(20(17)12-14(16)2)10-11-22(4)15(3)6-9-21(19)22/h5,12-13,15,18-19,21H,1,6-11H2,2-4H3/t15?,18?,19?,21?,22-/m1/s1. The van der Waals surface area contributed by atoms with Gasteiger partial charge in [0.2, 0.25) is 0 Å². The zero-order chi connectivity index (χ0) is 15.5. The first-order chi connectivity index (χ1) is 10.5. The third kappa shape index (κ3) is 1.88. The van der Waals surface area contributed by atoms with Crippen molar-refractivity contribution >= 4 is 6.08 Å². The lowest BCUT2D eigenvalue weighted by molar-refractivity contribution is 0.0336. The van der Waals surface area contributed by atoms with Gasteiger partial charge < -0.3 is 0 Å². The minimum absolute atomic E-state index is 0.634. The Kier molecular flexibility index (Phi) is 3.29. The summed E-state index contributed by atoms with van der Waals surface area (Å²) in [5.74, 6) is 3.70. The molecule has 0 spiro atoms. The molecule has 118 valence electrons. The van der Waals surface area contributed by atoms with Crippen LogP contribution in [0.5, 0.6) is 0 Å². The van der Waals surface area contributed by atoms with E-state index in [1.54, 1.807) is 11.1 Å². The normalized spacial score (nSPS) is 39.8. The van der Waals surface area contributed by atoms with Crippen molar-refractivity contribution < 1.29 is 0 Å². The summed E-state index contributed by atoms with van der Waals surface area (Å²) < 4.78 is 0. The highest BCUT2D eigenvalue weighted by atomic mass is 14.6. The minimum atomic E-state index is 0.634. The van der Waals surface area contributed by atoms with Crippen LogP contribution in [0.15, 0.2) is 18.7 Å². The number of aryl methyl sites for hydroxylation is 2. The molecule has 0 amide bonds. The Hall–Kier alpha value is -1.04. The molecule has 0 heterocycles. The summed E-state index contributed by atoms with van der Waals surface area (Å²) in [6.45, 7) is 11.4. The van der Waals surface area contributed by atoms with E-state index in [-0.39, 0.29) is 0 Å². The first-order valence-electron chi connectivity index (χ1n) is 9.30. The molecule has 5 atom stereocenters. The fraction of sp³-hybridized carbons (Fsp3) is 0.636. The van der Waals surface area contributed by atoms with Crippen molar-refractivity contribution in [1.82, 2.24) is 0 Å². The van der Waals surface area contributed by atoms with Gasteiger partial charge >= 0.3 is 0 Å². The number of hydrogen-bond acceptors (Lipinski definition) is 0. The van der Waals surface area contributed by atoms with E-state index in [4.69, 9.17) is 0 Å². The van der Waals surface area contributed by atoms with Crippen molar-refractivity contribution in [2.45, 2.75) is 65.2 Å². The maximum absolute atomic E-state index is 3.98. The lowest BCUT2D eigenvalue weighted by Crippen LogP contribution is -2.41. The van der Waals surface area contributed by atoms with Crippen LogP contribution < -0.4 is 0 Å². The molecule has 0 aliphatic heterocycles. The number of rotatable bonds is 1. The third-order valence-electron chi connectivity index (χ3n) is 7.81.